The second-order valence-electron chi connectivity index (χ2n) is 7.26. The van der Waals surface area contributed by atoms with Gasteiger partial charge in [-0.25, -0.2) is 4.79 Å². The summed E-state index contributed by atoms with van der Waals surface area (Å²) in [4.78, 5) is 36.7. The molecule has 2 fully saturated rings. The highest BCUT2D eigenvalue weighted by atomic mass is 16.6. The Morgan fingerprint density at radius 3 is 2.71 bits per heavy atom. The molecule has 3 aliphatic heterocycles. The summed E-state index contributed by atoms with van der Waals surface area (Å²) < 4.78 is 11.4. The molecule has 3 heterocycles. The van der Waals surface area contributed by atoms with Gasteiger partial charge in [0.05, 0.1) is 23.0 Å². The van der Waals surface area contributed by atoms with Crippen molar-refractivity contribution in [2.24, 2.45) is 5.92 Å². The Kier molecular flexibility index (Phi) is 3.54. The maximum absolute atomic E-state index is 13.3. The number of Topliss-reactive ketones (excluding diaryl/α,β-unsaturated/α-hetero) is 1. The zero-order valence-corrected chi connectivity index (χ0v) is 14.7. The number of nitrogens with zero attached hydrogens (tertiary/aromatic N) is 1. The number of esters is 1. The molecule has 1 spiro atoms. The Labute approximate surface area is 159 Å². The lowest BCUT2D eigenvalue weighted by molar-refractivity contribution is -0.384. The van der Waals surface area contributed by atoms with Gasteiger partial charge in [0.25, 0.3) is 5.69 Å². The molecule has 0 unspecified atom stereocenters. The van der Waals surface area contributed by atoms with E-state index in [0.717, 1.165) is 0 Å². The van der Waals surface area contributed by atoms with Gasteiger partial charge in [-0.15, -0.1) is 0 Å². The van der Waals surface area contributed by atoms with Crippen molar-refractivity contribution in [3.63, 3.8) is 0 Å². The third-order valence-electron chi connectivity index (χ3n) is 5.83. The topological polar surface area (TPSA) is 108 Å². The molecule has 4 atom stereocenters. The van der Waals surface area contributed by atoms with Crippen LogP contribution < -0.4 is 10.1 Å². The van der Waals surface area contributed by atoms with E-state index in [1.807, 2.05) is 0 Å². The standard InChI is InChI=1S/C20H16N2O6/c23-17-13-6-1-2-7-14(13)28-18-15(17)16(21-20(18)8-9-27-19(20)24)11-4-3-5-12(10-11)22(25)26/h1-7,10,15-16,18,21H,8-9H2/t15-,16+,18+,20+/m1/s1. The van der Waals surface area contributed by atoms with Crippen LogP contribution in [0.15, 0.2) is 48.5 Å². The largest absolute Gasteiger partial charge is 0.486 e. The van der Waals surface area contributed by atoms with E-state index in [4.69, 9.17) is 9.47 Å². The summed E-state index contributed by atoms with van der Waals surface area (Å²) >= 11 is 0. The number of nitrogens with one attached hydrogen (secondary N) is 1. The Hall–Kier alpha value is -3.26. The molecule has 0 aromatic heterocycles. The summed E-state index contributed by atoms with van der Waals surface area (Å²) in [6, 6.07) is 12.4. The van der Waals surface area contributed by atoms with Crippen molar-refractivity contribution >= 4 is 17.4 Å². The summed E-state index contributed by atoms with van der Waals surface area (Å²) in [5.74, 6) is -0.855. The van der Waals surface area contributed by atoms with Crippen LogP contribution in [-0.4, -0.2) is 34.9 Å². The molecule has 5 rings (SSSR count). The van der Waals surface area contributed by atoms with E-state index in [0.29, 0.717) is 23.3 Å². The smallest absolute Gasteiger partial charge is 0.330 e. The first-order chi connectivity index (χ1) is 13.5. The number of carbonyl (C=O) groups is 2. The summed E-state index contributed by atoms with van der Waals surface area (Å²) in [6.07, 6.45) is -0.373. The van der Waals surface area contributed by atoms with Crippen molar-refractivity contribution in [3.05, 3.63) is 69.8 Å². The van der Waals surface area contributed by atoms with E-state index in [1.54, 1.807) is 36.4 Å². The van der Waals surface area contributed by atoms with Crippen molar-refractivity contribution in [1.82, 2.24) is 5.32 Å². The number of para-hydroxylation sites is 1. The molecule has 8 nitrogen and oxygen atoms in total. The highest BCUT2D eigenvalue weighted by Crippen LogP contribution is 2.49. The number of nitro groups is 1. The van der Waals surface area contributed by atoms with Crippen molar-refractivity contribution < 1.29 is 24.0 Å². The van der Waals surface area contributed by atoms with Gasteiger partial charge in [-0.1, -0.05) is 24.3 Å². The Morgan fingerprint density at radius 1 is 1.14 bits per heavy atom. The number of fused-ring (bicyclic) bond motifs is 3. The molecule has 2 saturated heterocycles. The molecule has 142 valence electrons. The number of ketones is 1. The van der Waals surface area contributed by atoms with E-state index in [9.17, 15) is 19.7 Å². The predicted octanol–water partition coefficient (Wildman–Crippen LogP) is 2.18. The van der Waals surface area contributed by atoms with Crippen LogP contribution in [0.2, 0.25) is 0 Å². The van der Waals surface area contributed by atoms with Crippen molar-refractivity contribution in [1.29, 1.82) is 0 Å². The molecule has 2 aromatic carbocycles. The Balaban J connectivity index is 1.65. The third kappa shape index (κ3) is 2.21. The molecule has 0 bridgehead atoms. The summed E-state index contributed by atoms with van der Waals surface area (Å²) in [7, 11) is 0. The molecule has 28 heavy (non-hydrogen) atoms. The van der Waals surface area contributed by atoms with Crippen LogP contribution in [0.1, 0.15) is 28.4 Å². The van der Waals surface area contributed by atoms with Gasteiger partial charge < -0.3 is 9.47 Å². The predicted molar refractivity (Wildman–Crippen MR) is 96.0 cm³/mol. The van der Waals surface area contributed by atoms with E-state index in [2.05, 4.69) is 5.32 Å². The van der Waals surface area contributed by atoms with Crippen LogP contribution >= 0.6 is 0 Å². The molecular weight excluding hydrogens is 364 g/mol. The quantitative estimate of drug-likeness (QED) is 0.483. The first kappa shape index (κ1) is 16.9. The van der Waals surface area contributed by atoms with Gasteiger partial charge in [-0.05, 0) is 17.7 Å². The molecule has 3 aliphatic rings. The van der Waals surface area contributed by atoms with Crippen LogP contribution in [0.25, 0.3) is 0 Å². The van der Waals surface area contributed by atoms with Crippen LogP contribution in [0, 0.1) is 16.0 Å². The first-order valence-electron chi connectivity index (χ1n) is 9.00. The molecule has 1 N–H and O–H groups in total. The van der Waals surface area contributed by atoms with Crippen LogP contribution in [0.4, 0.5) is 5.69 Å². The fourth-order valence-corrected chi connectivity index (χ4v) is 4.53. The number of benzene rings is 2. The normalized spacial score (nSPS) is 30.5. The van der Waals surface area contributed by atoms with Crippen molar-refractivity contribution in [2.45, 2.75) is 24.1 Å². The SMILES string of the molecule is O=C1c2ccccc2O[C@H]2[C@@H]1[C@H](c1cccc([N+](=O)[O-])c1)N[C@@]21CCOC1=O. The van der Waals surface area contributed by atoms with E-state index in [-0.39, 0.29) is 18.1 Å². The molecular formula is C20H16N2O6. The fourth-order valence-electron chi connectivity index (χ4n) is 4.53. The lowest BCUT2D eigenvalue weighted by Gasteiger charge is -2.33. The van der Waals surface area contributed by atoms with E-state index < -0.39 is 34.5 Å². The lowest BCUT2D eigenvalue weighted by Crippen LogP contribution is -2.56. The molecule has 0 aliphatic carbocycles. The minimum Gasteiger partial charge on any atom is -0.486 e. The number of rotatable bonds is 2. The highest BCUT2D eigenvalue weighted by Gasteiger charge is 2.65. The summed E-state index contributed by atoms with van der Waals surface area (Å²) in [6.45, 7) is 0.232. The van der Waals surface area contributed by atoms with Gasteiger partial charge in [0.1, 0.15) is 11.9 Å². The van der Waals surface area contributed by atoms with Gasteiger partial charge in [0.2, 0.25) is 0 Å². The van der Waals surface area contributed by atoms with Gasteiger partial charge in [0.15, 0.2) is 11.3 Å². The molecule has 0 amide bonds. The van der Waals surface area contributed by atoms with E-state index >= 15 is 0 Å². The minimum absolute atomic E-state index is 0.0737. The number of non-ortho nitro benzene ring substituents is 1. The van der Waals surface area contributed by atoms with Gasteiger partial charge >= 0.3 is 5.97 Å². The average Bonchev–Trinajstić information content (AvgIpc) is 3.24. The minimum atomic E-state index is -1.15. The van der Waals surface area contributed by atoms with Crippen LogP contribution in [-0.2, 0) is 9.53 Å². The van der Waals surface area contributed by atoms with Gasteiger partial charge in [0, 0.05) is 24.6 Å². The second-order valence-corrected chi connectivity index (χ2v) is 7.26. The maximum Gasteiger partial charge on any atom is 0.330 e. The zero-order valence-electron chi connectivity index (χ0n) is 14.7. The maximum atomic E-state index is 13.3. The Morgan fingerprint density at radius 2 is 1.96 bits per heavy atom. The van der Waals surface area contributed by atoms with Crippen molar-refractivity contribution in [2.75, 3.05) is 6.61 Å². The second kappa shape index (κ2) is 5.87. The zero-order chi connectivity index (χ0) is 19.5. The molecule has 8 heteroatoms. The average molecular weight is 380 g/mol. The van der Waals surface area contributed by atoms with Crippen LogP contribution in [0.3, 0.4) is 0 Å². The van der Waals surface area contributed by atoms with Gasteiger partial charge in [-0.3, -0.25) is 20.2 Å². The number of hydrogen-bond donors (Lipinski definition) is 1. The molecule has 0 saturated carbocycles. The van der Waals surface area contributed by atoms with Crippen molar-refractivity contribution in [3.8, 4) is 5.75 Å². The number of nitro benzene ring substituents is 1. The number of carbonyl (C=O) groups excluding carboxylic acids is 2. The van der Waals surface area contributed by atoms with Crippen LogP contribution in [0.5, 0.6) is 5.75 Å². The third-order valence-corrected chi connectivity index (χ3v) is 5.83. The number of cyclic esters (lactones) is 1. The number of ether oxygens (including phenoxy) is 2. The highest BCUT2D eigenvalue weighted by molar-refractivity contribution is 6.04. The molecule has 0 radical (unpaired) electrons. The first-order valence-corrected chi connectivity index (χ1v) is 9.00. The molecule has 2 aromatic rings. The number of hydrogen-bond acceptors (Lipinski definition) is 7. The fraction of sp³-hybridized carbons (Fsp3) is 0.300. The summed E-state index contributed by atoms with van der Waals surface area (Å²) in [5.41, 5.74) is -0.208. The summed E-state index contributed by atoms with van der Waals surface area (Å²) in [5, 5.41) is 14.5. The van der Waals surface area contributed by atoms with Gasteiger partial charge in [-0.2, -0.15) is 0 Å². The lowest BCUT2D eigenvalue weighted by atomic mass is 9.79. The van der Waals surface area contributed by atoms with E-state index in [1.165, 1.54) is 12.1 Å². The Bertz CT molecular complexity index is 1020. The monoisotopic (exact) mass is 380 g/mol.